The molecular weight excluding hydrogens is 184 g/mol. The van der Waals surface area contributed by atoms with E-state index < -0.39 is 0 Å². The Labute approximate surface area is 92.3 Å². The van der Waals surface area contributed by atoms with Crippen LogP contribution in [0.3, 0.4) is 0 Å². The number of nitrogens with zero attached hydrogens (tertiary/aromatic N) is 2. The number of pyridine rings is 1. The SMILES string of the molecule is Cc1ccnc([C@@H]2CCCN2C(C)C)c1. The van der Waals surface area contributed by atoms with Crippen LogP contribution in [0, 0.1) is 6.92 Å². The number of likely N-dealkylation sites (tertiary alicyclic amines) is 1. The summed E-state index contributed by atoms with van der Waals surface area (Å²) in [4.78, 5) is 7.07. The van der Waals surface area contributed by atoms with Gasteiger partial charge in [-0.15, -0.1) is 0 Å². The van der Waals surface area contributed by atoms with E-state index >= 15 is 0 Å². The number of hydrogen-bond donors (Lipinski definition) is 0. The van der Waals surface area contributed by atoms with Crippen LogP contribution in [0.1, 0.15) is 44.0 Å². The molecule has 1 aliphatic rings. The Bertz CT molecular complexity index is 333. The number of rotatable bonds is 2. The molecule has 0 aromatic carbocycles. The molecule has 1 fully saturated rings. The molecule has 1 saturated heterocycles. The lowest BCUT2D eigenvalue weighted by atomic mass is 10.1. The van der Waals surface area contributed by atoms with Gasteiger partial charge in [0.25, 0.3) is 0 Å². The first kappa shape index (κ1) is 10.6. The van der Waals surface area contributed by atoms with Gasteiger partial charge >= 0.3 is 0 Å². The summed E-state index contributed by atoms with van der Waals surface area (Å²) < 4.78 is 0. The van der Waals surface area contributed by atoms with Crippen LogP contribution >= 0.6 is 0 Å². The van der Waals surface area contributed by atoms with Crippen LogP contribution in [-0.4, -0.2) is 22.5 Å². The first-order valence-corrected chi connectivity index (χ1v) is 5.87. The summed E-state index contributed by atoms with van der Waals surface area (Å²) in [7, 11) is 0. The summed E-state index contributed by atoms with van der Waals surface area (Å²) in [6.45, 7) is 7.90. The summed E-state index contributed by atoms with van der Waals surface area (Å²) in [6, 6.07) is 5.47. The molecule has 1 atom stereocenters. The fourth-order valence-electron chi connectivity index (χ4n) is 2.47. The first-order valence-electron chi connectivity index (χ1n) is 5.87. The monoisotopic (exact) mass is 204 g/mol. The van der Waals surface area contributed by atoms with E-state index in [1.165, 1.54) is 30.6 Å². The average molecular weight is 204 g/mol. The van der Waals surface area contributed by atoms with E-state index in [0.717, 1.165) is 0 Å². The second-order valence-corrected chi connectivity index (χ2v) is 4.75. The van der Waals surface area contributed by atoms with Crippen LogP contribution in [0.5, 0.6) is 0 Å². The summed E-state index contributed by atoms with van der Waals surface area (Å²) >= 11 is 0. The maximum Gasteiger partial charge on any atom is 0.0578 e. The lowest BCUT2D eigenvalue weighted by Crippen LogP contribution is -2.30. The minimum absolute atomic E-state index is 0.546. The number of aryl methyl sites for hydroxylation is 1. The highest BCUT2D eigenvalue weighted by Gasteiger charge is 2.28. The van der Waals surface area contributed by atoms with E-state index in [1.807, 2.05) is 6.20 Å². The molecule has 1 aromatic rings. The highest BCUT2D eigenvalue weighted by atomic mass is 15.2. The topological polar surface area (TPSA) is 16.1 Å². The van der Waals surface area contributed by atoms with Crippen molar-refractivity contribution in [1.82, 2.24) is 9.88 Å². The molecule has 0 saturated carbocycles. The van der Waals surface area contributed by atoms with Gasteiger partial charge in [-0.05, 0) is 57.9 Å². The fraction of sp³-hybridized carbons (Fsp3) is 0.615. The van der Waals surface area contributed by atoms with Gasteiger partial charge in [-0.1, -0.05) is 0 Å². The van der Waals surface area contributed by atoms with E-state index in [1.54, 1.807) is 0 Å². The maximum atomic E-state index is 4.51. The third kappa shape index (κ3) is 2.20. The molecule has 1 aliphatic heterocycles. The fourth-order valence-corrected chi connectivity index (χ4v) is 2.47. The largest absolute Gasteiger partial charge is 0.292 e. The van der Waals surface area contributed by atoms with Gasteiger partial charge in [0.05, 0.1) is 11.7 Å². The van der Waals surface area contributed by atoms with Crippen LogP contribution in [-0.2, 0) is 0 Å². The molecule has 2 rings (SSSR count). The molecule has 0 N–H and O–H groups in total. The Morgan fingerprint density at radius 2 is 2.27 bits per heavy atom. The number of hydrogen-bond acceptors (Lipinski definition) is 2. The predicted octanol–water partition coefficient (Wildman–Crippen LogP) is 2.94. The quantitative estimate of drug-likeness (QED) is 0.736. The van der Waals surface area contributed by atoms with Gasteiger partial charge in [-0.25, -0.2) is 0 Å². The van der Waals surface area contributed by atoms with Gasteiger partial charge in [0.15, 0.2) is 0 Å². The summed E-state index contributed by atoms with van der Waals surface area (Å²) in [5, 5.41) is 0. The maximum absolute atomic E-state index is 4.51. The molecule has 82 valence electrons. The van der Waals surface area contributed by atoms with Crippen molar-refractivity contribution in [2.24, 2.45) is 0 Å². The van der Waals surface area contributed by atoms with Crippen molar-refractivity contribution >= 4 is 0 Å². The predicted molar refractivity (Wildman–Crippen MR) is 62.8 cm³/mol. The molecule has 0 aliphatic carbocycles. The van der Waals surface area contributed by atoms with Gasteiger partial charge in [0.2, 0.25) is 0 Å². The molecule has 0 unspecified atom stereocenters. The minimum atomic E-state index is 0.546. The Balaban J connectivity index is 2.22. The Kier molecular flexibility index (Phi) is 3.06. The summed E-state index contributed by atoms with van der Waals surface area (Å²) in [6.07, 6.45) is 4.49. The minimum Gasteiger partial charge on any atom is -0.292 e. The zero-order chi connectivity index (χ0) is 10.8. The summed E-state index contributed by atoms with van der Waals surface area (Å²) in [5.74, 6) is 0. The lowest BCUT2D eigenvalue weighted by molar-refractivity contribution is 0.202. The van der Waals surface area contributed by atoms with E-state index in [2.05, 4.69) is 42.8 Å². The van der Waals surface area contributed by atoms with E-state index in [0.29, 0.717) is 12.1 Å². The molecule has 0 spiro atoms. The summed E-state index contributed by atoms with van der Waals surface area (Å²) in [5.41, 5.74) is 2.57. The second-order valence-electron chi connectivity index (χ2n) is 4.75. The number of aromatic nitrogens is 1. The Hall–Kier alpha value is -0.890. The van der Waals surface area contributed by atoms with Crippen molar-refractivity contribution in [1.29, 1.82) is 0 Å². The average Bonchev–Trinajstić information content (AvgIpc) is 2.65. The third-order valence-electron chi connectivity index (χ3n) is 3.24. The molecule has 2 heteroatoms. The van der Waals surface area contributed by atoms with Crippen LogP contribution in [0.2, 0.25) is 0 Å². The van der Waals surface area contributed by atoms with Crippen LogP contribution in [0.15, 0.2) is 18.3 Å². The highest BCUT2D eigenvalue weighted by molar-refractivity contribution is 5.18. The van der Waals surface area contributed by atoms with Gasteiger partial charge in [-0.3, -0.25) is 9.88 Å². The van der Waals surface area contributed by atoms with Crippen molar-refractivity contribution in [3.05, 3.63) is 29.6 Å². The zero-order valence-corrected chi connectivity index (χ0v) is 9.90. The van der Waals surface area contributed by atoms with Crippen molar-refractivity contribution in [2.75, 3.05) is 6.54 Å². The molecule has 2 nitrogen and oxygen atoms in total. The van der Waals surface area contributed by atoms with E-state index in [4.69, 9.17) is 0 Å². The van der Waals surface area contributed by atoms with Crippen molar-refractivity contribution in [3.8, 4) is 0 Å². The lowest BCUT2D eigenvalue weighted by Gasteiger charge is -2.27. The molecule has 0 amide bonds. The Morgan fingerprint density at radius 3 is 2.93 bits per heavy atom. The van der Waals surface area contributed by atoms with Crippen LogP contribution in [0.4, 0.5) is 0 Å². The van der Waals surface area contributed by atoms with Crippen LogP contribution < -0.4 is 0 Å². The van der Waals surface area contributed by atoms with Crippen LogP contribution in [0.25, 0.3) is 0 Å². The van der Waals surface area contributed by atoms with Gasteiger partial charge < -0.3 is 0 Å². The van der Waals surface area contributed by atoms with Gasteiger partial charge in [0, 0.05) is 12.2 Å². The highest BCUT2D eigenvalue weighted by Crippen LogP contribution is 2.32. The molecule has 2 heterocycles. The second kappa shape index (κ2) is 4.31. The molecule has 1 aromatic heterocycles. The molecule has 0 radical (unpaired) electrons. The van der Waals surface area contributed by atoms with E-state index in [9.17, 15) is 0 Å². The van der Waals surface area contributed by atoms with Crippen molar-refractivity contribution in [3.63, 3.8) is 0 Å². The van der Waals surface area contributed by atoms with Crippen molar-refractivity contribution < 1.29 is 0 Å². The zero-order valence-electron chi connectivity index (χ0n) is 9.90. The molecular formula is C13H20N2. The smallest absolute Gasteiger partial charge is 0.0578 e. The third-order valence-corrected chi connectivity index (χ3v) is 3.24. The normalized spacial score (nSPS) is 22.5. The first-order chi connectivity index (χ1) is 7.18. The molecule has 15 heavy (non-hydrogen) atoms. The Morgan fingerprint density at radius 1 is 1.47 bits per heavy atom. The van der Waals surface area contributed by atoms with Crippen molar-refractivity contribution in [2.45, 2.75) is 45.7 Å². The van der Waals surface area contributed by atoms with E-state index in [-0.39, 0.29) is 0 Å². The van der Waals surface area contributed by atoms with Gasteiger partial charge in [0.1, 0.15) is 0 Å². The van der Waals surface area contributed by atoms with Gasteiger partial charge in [-0.2, -0.15) is 0 Å². The molecule has 0 bridgehead atoms. The standard InChI is InChI=1S/C13H20N2/c1-10(2)15-8-4-5-13(15)12-9-11(3)6-7-14-12/h6-7,9-10,13H,4-5,8H2,1-3H3/t13-/m0/s1.